The summed E-state index contributed by atoms with van der Waals surface area (Å²) in [5.74, 6) is 0.822. The number of rotatable bonds is 6. The van der Waals surface area contributed by atoms with Gasteiger partial charge >= 0.3 is 0 Å². The minimum absolute atomic E-state index is 0.00745. The van der Waals surface area contributed by atoms with E-state index in [0.29, 0.717) is 12.2 Å². The van der Waals surface area contributed by atoms with Gasteiger partial charge in [0.1, 0.15) is 18.8 Å². The lowest BCUT2D eigenvalue weighted by Gasteiger charge is -2.42. The quantitative estimate of drug-likeness (QED) is 0.749. The normalized spacial score (nSPS) is 31.9. The number of likely N-dealkylation sites (tertiary alicyclic amines) is 1. The average molecular weight is 393 g/mol. The molecule has 154 valence electrons. The second-order valence-corrected chi connectivity index (χ2v) is 8.63. The molecule has 1 saturated carbocycles. The molecular formula is C19H28FN5O3. The highest BCUT2D eigenvalue weighted by molar-refractivity contribution is 5.79. The molecule has 2 heterocycles. The van der Waals surface area contributed by atoms with Crippen molar-refractivity contribution < 1.29 is 18.8 Å². The lowest BCUT2D eigenvalue weighted by Crippen LogP contribution is -2.55. The summed E-state index contributed by atoms with van der Waals surface area (Å²) >= 11 is 0. The molecule has 0 bridgehead atoms. The van der Waals surface area contributed by atoms with Gasteiger partial charge in [0.05, 0.1) is 19.2 Å². The van der Waals surface area contributed by atoms with Gasteiger partial charge < -0.3 is 19.8 Å². The molecule has 1 saturated heterocycles. The first-order chi connectivity index (χ1) is 13.2. The van der Waals surface area contributed by atoms with Crippen molar-refractivity contribution in [3.05, 3.63) is 11.7 Å². The van der Waals surface area contributed by atoms with Gasteiger partial charge in [-0.25, -0.2) is 4.39 Å². The molecule has 0 spiro atoms. The maximum atomic E-state index is 13.6. The number of carbonyl (C=O) groups is 1. The summed E-state index contributed by atoms with van der Waals surface area (Å²) in [6, 6.07) is 1.34. The summed E-state index contributed by atoms with van der Waals surface area (Å²) in [6.45, 7) is 6.20. The summed E-state index contributed by atoms with van der Waals surface area (Å²) < 4.78 is 18.6. The zero-order chi connectivity index (χ0) is 20.5. The van der Waals surface area contributed by atoms with Gasteiger partial charge in [-0.1, -0.05) is 19.0 Å². The maximum Gasteiger partial charge on any atom is 0.252 e. The Morgan fingerprint density at radius 3 is 2.89 bits per heavy atom. The Hall–Kier alpha value is -2.05. The molecule has 2 aliphatic rings. The Morgan fingerprint density at radius 1 is 1.50 bits per heavy atom. The van der Waals surface area contributed by atoms with Crippen LogP contribution in [0.1, 0.15) is 51.7 Å². The van der Waals surface area contributed by atoms with E-state index in [0.717, 1.165) is 12.8 Å². The van der Waals surface area contributed by atoms with Crippen LogP contribution < -0.4 is 5.32 Å². The fourth-order valence-electron chi connectivity index (χ4n) is 4.48. The molecular weight excluding hydrogens is 365 g/mol. The number of amides is 1. The van der Waals surface area contributed by atoms with Crippen molar-refractivity contribution >= 4 is 5.91 Å². The highest BCUT2D eigenvalue weighted by atomic mass is 19.1. The molecule has 2 N–H and O–H groups in total. The summed E-state index contributed by atoms with van der Waals surface area (Å²) in [5, 5.41) is 25.5. The third-order valence-corrected chi connectivity index (χ3v) is 6.86. The molecule has 1 amide bonds. The number of nitrogens with one attached hydrogen (secondary N) is 1. The van der Waals surface area contributed by atoms with Gasteiger partial charge in [0.2, 0.25) is 5.91 Å². The van der Waals surface area contributed by atoms with Crippen LogP contribution in [-0.4, -0.2) is 56.9 Å². The van der Waals surface area contributed by atoms with E-state index in [-0.39, 0.29) is 54.8 Å². The zero-order valence-corrected chi connectivity index (χ0v) is 16.6. The van der Waals surface area contributed by atoms with Crippen LogP contribution in [0, 0.1) is 22.7 Å². The van der Waals surface area contributed by atoms with Crippen molar-refractivity contribution in [2.45, 2.75) is 70.8 Å². The SMILES string of the molecule is CC1(C)[C@H](Cc2noc(CO)n2)CC[C@]1(C)NCC(=O)N1C[C@@H](F)C[C@H]1C#N. The Kier molecular flexibility index (Phi) is 5.73. The number of halogens is 1. The summed E-state index contributed by atoms with van der Waals surface area (Å²) in [7, 11) is 0. The monoisotopic (exact) mass is 393 g/mol. The number of nitrogens with zero attached hydrogens (tertiary/aromatic N) is 4. The zero-order valence-electron chi connectivity index (χ0n) is 16.6. The Morgan fingerprint density at radius 2 is 2.25 bits per heavy atom. The van der Waals surface area contributed by atoms with Crippen LogP contribution in [0.2, 0.25) is 0 Å². The molecule has 0 aromatic carbocycles. The van der Waals surface area contributed by atoms with Gasteiger partial charge in [0, 0.05) is 18.4 Å². The molecule has 8 nitrogen and oxygen atoms in total. The second kappa shape index (κ2) is 7.76. The first-order valence-electron chi connectivity index (χ1n) is 9.70. The van der Waals surface area contributed by atoms with Crippen LogP contribution in [0.4, 0.5) is 4.39 Å². The summed E-state index contributed by atoms with van der Waals surface area (Å²) in [6.07, 6.45) is 1.40. The van der Waals surface area contributed by atoms with Crippen LogP contribution in [0.3, 0.4) is 0 Å². The Balaban J connectivity index is 1.62. The van der Waals surface area contributed by atoms with Gasteiger partial charge in [0.15, 0.2) is 5.82 Å². The summed E-state index contributed by atoms with van der Waals surface area (Å²) in [5.41, 5.74) is -0.455. The van der Waals surface area contributed by atoms with Crippen molar-refractivity contribution in [2.75, 3.05) is 13.1 Å². The minimum atomic E-state index is -1.13. The highest BCUT2D eigenvalue weighted by Crippen LogP contribution is 2.51. The van der Waals surface area contributed by atoms with Crippen LogP contribution >= 0.6 is 0 Å². The van der Waals surface area contributed by atoms with E-state index in [9.17, 15) is 9.18 Å². The molecule has 1 aromatic heterocycles. The van der Waals surface area contributed by atoms with E-state index in [4.69, 9.17) is 14.9 Å². The Bertz CT molecular complexity index is 761. The molecule has 28 heavy (non-hydrogen) atoms. The molecule has 4 atom stereocenters. The molecule has 1 aliphatic carbocycles. The van der Waals surface area contributed by atoms with Crippen LogP contribution in [0.5, 0.6) is 0 Å². The van der Waals surface area contributed by atoms with Crippen molar-refractivity contribution in [3.8, 4) is 6.07 Å². The van der Waals surface area contributed by atoms with Crippen molar-refractivity contribution in [1.82, 2.24) is 20.4 Å². The number of carbonyl (C=O) groups excluding carboxylic acids is 1. The number of hydrogen-bond donors (Lipinski definition) is 2. The van der Waals surface area contributed by atoms with Crippen LogP contribution in [-0.2, 0) is 17.8 Å². The molecule has 3 rings (SSSR count). The van der Waals surface area contributed by atoms with E-state index in [2.05, 4.69) is 36.2 Å². The van der Waals surface area contributed by atoms with E-state index >= 15 is 0 Å². The van der Waals surface area contributed by atoms with Crippen molar-refractivity contribution in [2.24, 2.45) is 11.3 Å². The molecule has 0 radical (unpaired) electrons. The molecule has 1 aliphatic heterocycles. The lowest BCUT2D eigenvalue weighted by atomic mass is 9.70. The fourth-order valence-corrected chi connectivity index (χ4v) is 4.48. The third kappa shape index (κ3) is 3.76. The predicted molar refractivity (Wildman–Crippen MR) is 97.5 cm³/mol. The highest BCUT2D eigenvalue weighted by Gasteiger charge is 2.51. The molecule has 0 unspecified atom stereocenters. The standard InChI is InChI=1S/C19H28FN5O3/c1-18(2)12(6-15-23-16(11-26)28-24-15)4-5-19(18,3)22-9-17(27)25-10-13(20)7-14(25)8-21/h12-14,22,26H,4-7,9-11H2,1-3H3/t12-,13-,14-,19-/m0/s1. The smallest absolute Gasteiger partial charge is 0.252 e. The van der Waals surface area contributed by atoms with Gasteiger partial charge in [-0.3, -0.25) is 4.79 Å². The molecule has 1 aromatic rings. The number of alkyl halides is 1. The predicted octanol–water partition coefficient (Wildman–Crippen LogP) is 1.35. The first-order valence-corrected chi connectivity index (χ1v) is 9.70. The first kappa shape index (κ1) is 20.7. The van der Waals surface area contributed by atoms with Gasteiger partial charge in [-0.15, -0.1) is 0 Å². The van der Waals surface area contributed by atoms with E-state index in [1.54, 1.807) is 0 Å². The molecule has 2 fully saturated rings. The third-order valence-electron chi connectivity index (χ3n) is 6.86. The van der Waals surface area contributed by atoms with Gasteiger partial charge in [-0.05, 0) is 31.1 Å². The summed E-state index contributed by atoms with van der Waals surface area (Å²) in [4.78, 5) is 18.1. The lowest BCUT2D eigenvalue weighted by molar-refractivity contribution is -0.131. The van der Waals surface area contributed by atoms with Gasteiger partial charge in [-0.2, -0.15) is 10.2 Å². The number of aromatic nitrogens is 2. The number of aliphatic hydroxyl groups excluding tert-OH is 1. The van der Waals surface area contributed by atoms with Gasteiger partial charge in [0.25, 0.3) is 5.89 Å². The fraction of sp³-hybridized carbons (Fsp3) is 0.789. The number of aliphatic hydroxyl groups is 1. The average Bonchev–Trinajstić information content (AvgIpc) is 3.33. The van der Waals surface area contributed by atoms with Crippen molar-refractivity contribution in [1.29, 1.82) is 5.26 Å². The maximum absolute atomic E-state index is 13.6. The van der Waals surface area contributed by atoms with Crippen LogP contribution in [0.15, 0.2) is 4.52 Å². The van der Waals surface area contributed by atoms with Crippen LogP contribution in [0.25, 0.3) is 0 Å². The largest absolute Gasteiger partial charge is 0.387 e. The number of nitriles is 1. The van der Waals surface area contributed by atoms with E-state index in [1.807, 2.05) is 6.07 Å². The van der Waals surface area contributed by atoms with E-state index < -0.39 is 12.2 Å². The second-order valence-electron chi connectivity index (χ2n) is 8.63. The topological polar surface area (TPSA) is 115 Å². The van der Waals surface area contributed by atoms with E-state index in [1.165, 1.54) is 4.90 Å². The number of hydrogen-bond acceptors (Lipinski definition) is 7. The molecule has 9 heteroatoms. The van der Waals surface area contributed by atoms with Crippen molar-refractivity contribution in [3.63, 3.8) is 0 Å². The minimum Gasteiger partial charge on any atom is -0.387 e. The Labute approximate surface area is 164 Å².